The van der Waals surface area contributed by atoms with Crippen molar-refractivity contribution in [1.29, 1.82) is 0 Å². The minimum absolute atomic E-state index is 0.244. The number of hydrogen-bond acceptors (Lipinski definition) is 3. The molecule has 0 spiro atoms. The van der Waals surface area contributed by atoms with E-state index in [0.29, 0.717) is 11.1 Å². The molecular formula is C24H25N3O2. The van der Waals surface area contributed by atoms with Crippen LogP contribution < -0.4 is 10.6 Å². The van der Waals surface area contributed by atoms with Gasteiger partial charge in [-0.2, -0.15) is 0 Å². The van der Waals surface area contributed by atoms with Crippen LogP contribution in [0.15, 0.2) is 84.9 Å². The number of carbonyl (C=O) groups excluding carboxylic acids is 2. The van der Waals surface area contributed by atoms with Gasteiger partial charge in [-0.25, -0.2) is 0 Å². The maximum Gasteiger partial charge on any atom is 0.255 e. The molecule has 148 valence electrons. The van der Waals surface area contributed by atoms with E-state index < -0.39 is 11.9 Å². The summed E-state index contributed by atoms with van der Waals surface area (Å²) in [4.78, 5) is 29.5. The van der Waals surface area contributed by atoms with Crippen molar-refractivity contribution < 1.29 is 9.59 Å². The van der Waals surface area contributed by atoms with Gasteiger partial charge in [0.05, 0.1) is 0 Å². The van der Waals surface area contributed by atoms with E-state index >= 15 is 0 Å². The Kier molecular flexibility index (Phi) is 6.29. The molecule has 29 heavy (non-hydrogen) atoms. The van der Waals surface area contributed by atoms with E-state index in [1.54, 1.807) is 29.2 Å². The second kappa shape index (κ2) is 9.06. The molecule has 2 amide bonds. The van der Waals surface area contributed by atoms with Crippen molar-refractivity contribution in [3.8, 4) is 0 Å². The Morgan fingerprint density at radius 3 is 1.97 bits per heavy atom. The topological polar surface area (TPSA) is 66.6 Å². The summed E-state index contributed by atoms with van der Waals surface area (Å²) in [5.74, 6) is -0.811. The van der Waals surface area contributed by atoms with Crippen LogP contribution in [0.5, 0.6) is 0 Å². The Hall–Kier alpha value is -3.60. The number of primary amides is 1. The van der Waals surface area contributed by atoms with Crippen molar-refractivity contribution in [1.82, 2.24) is 4.90 Å². The quantitative estimate of drug-likeness (QED) is 0.673. The molecule has 3 rings (SSSR count). The predicted octanol–water partition coefficient (Wildman–Crippen LogP) is 3.62. The largest absolute Gasteiger partial charge is 0.377 e. The first kappa shape index (κ1) is 20.1. The van der Waals surface area contributed by atoms with Crippen LogP contribution in [0.4, 0.5) is 5.69 Å². The van der Waals surface area contributed by atoms with Gasteiger partial charge in [0, 0.05) is 31.9 Å². The van der Waals surface area contributed by atoms with Crippen LogP contribution in [-0.2, 0) is 11.3 Å². The van der Waals surface area contributed by atoms with Crippen LogP contribution in [0, 0.1) is 0 Å². The first-order chi connectivity index (χ1) is 14.0. The molecule has 1 atom stereocenters. The summed E-state index contributed by atoms with van der Waals surface area (Å²) in [5.41, 5.74) is 8.91. The van der Waals surface area contributed by atoms with Gasteiger partial charge in [0.15, 0.2) is 0 Å². The van der Waals surface area contributed by atoms with Gasteiger partial charge in [0.2, 0.25) is 5.91 Å². The van der Waals surface area contributed by atoms with Crippen molar-refractivity contribution in [2.45, 2.75) is 12.6 Å². The number of para-hydroxylation sites is 1. The van der Waals surface area contributed by atoms with E-state index in [1.807, 2.05) is 79.7 Å². The fraction of sp³-hybridized carbons (Fsp3) is 0.167. The number of rotatable bonds is 7. The van der Waals surface area contributed by atoms with Crippen LogP contribution in [-0.4, -0.2) is 30.8 Å². The second-order valence-electron chi connectivity index (χ2n) is 7.04. The molecule has 0 unspecified atom stereocenters. The molecule has 2 N–H and O–H groups in total. The summed E-state index contributed by atoms with van der Waals surface area (Å²) in [6, 6.07) is 25.1. The first-order valence-corrected chi connectivity index (χ1v) is 9.44. The van der Waals surface area contributed by atoms with Crippen molar-refractivity contribution in [3.63, 3.8) is 0 Å². The number of anilines is 1. The van der Waals surface area contributed by atoms with Crippen molar-refractivity contribution >= 4 is 17.5 Å². The smallest absolute Gasteiger partial charge is 0.255 e. The summed E-state index contributed by atoms with van der Waals surface area (Å²) in [6.45, 7) is 0.255. The normalized spacial score (nSPS) is 11.5. The lowest BCUT2D eigenvalue weighted by molar-refractivity contribution is -0.122. The SMILES string of the molecule is CN(C)c1ccccc1CN(C(=O)c1ccccc1)[C@@H](C(N)=O)c1ccccc1. The Balaban J connectivity index is 2.09. The molecule has 0 aliphatic carbocycles. The Morgan fingerprint density at radius 2 is 1.38 bits per heavy atom. The maximum atomic E-state index is 13.5. The summed E-state index contributed by atoms with van der Waals surface area (Å²) in [6.07, 6.45) is 0. The van der Waals surface area contributed by atoms with E-state index in [4.69, 9.17) is 5.73 Å². The van der Waals surface area contributed by atoms with Crippen molar-refractivity contribution in [3.05, 3.63) is 102 Å². The Bertz CT molecular complexity index is 972. The highest BCUT2D eigenvalue weighted by molar-refractivity contribution is 5.97. The van der Waals surface area contributed by atoms with E-state index in [1.165, 1.54) is 0 Å². The predicted molar refractivity (Wildman–Crippen MR) is 115 cm³/mol. The second-order valence-corrected chi connectivity index (χ2v) is 7.04. The summed E-state index contributed by atoms with van der Waals surface area (Å²) in [5, 5.41) is 0. The number of hydrogen-bond donors (Lipinski definition) is 1. The number of amides is 2. The van der Waals surface area contributed by atoms with Gasteiger partial charge >= 0.3 is 0 Å². The van der Waals surface area contributed by atoms with Gasteiger partial charge < -0.3 is 15.5 Å². The minimum atomic E-state index is -0.876. The van der Waals surface area contributed by atoms with E-state index in [0.717, 1.165) is 11.3 Å². The van der Waals surface area contributed by atoms with Crippen LogP contribution in [0.25, 0.3) is 0 Å². The molecule has 3 aromatic carbocycles. The summed E-state index contributed by atoms with van der Waals surface area (Å²) >= 11 is 0. The standard InChI is InChI=1S/C24H25N3O2/c1-26(2)21-16-10-9-15-20(21)17-27(24(29)19-13-7-4-8-14-19)22(23(25)28)18-11-5-3-6-12-18/h3-16,22H,17H2,1-2H3,(H2,25,28)/t22-/m1/s1. The minimum Gasteiger partial charge on any atom is -0.377 e. The Morgan fingerprint density at radius 1 is 0.828 bits per heavy atom. The lowest BCUT2D eigenvalue weighted by Crippen LogP contribution is -2.41. The van der Waals surface area contributed by atoms with Crippen LogP contribution >= 0.6 is 0 Å². The number of carbonyl (C=O) groups is 2. The van der Waals surface area contributed by atoms with Gasteiger partial charge in [-0.3, -0.25) is 9.59 Å². The lowest BCUT2D eigenvalue weighted by atomic mass is 10.0. The van der Waals surface area contributed by atoms with E-state index in [2.05, 4.69) is 0 Å². The monoisotopic (exact) mass is 387 g/mol. The van der Waals surface area contributed by atoms with Crippen LogP contribution in [0.1, 0.15) is 27.5 Å². The van der Waals surface area contributed by atoms with Gasteiger partial charge in [0.25, 0.3) is 5.91 Å². The highest BCUT2D eigenvalue weighted by atomic mass is 16.2. The zero-order valence-electron chi connectivity index (χ0n) is 16.7. The third kappa shape index (κ3) is 4.63. The van der Waals surface area contributed by atoms with Gasteiger partial charge in [0.1, 0.15) is 6.04 Å². The number of benzene rings is 3. The molecule has 0 saturated carbocycles. The molecule has 0 aliphatic rings. The molecule has 0 heterocycles. The number of nitrogens with two attached hydrogens (primary N) is 1. The van der Waals surface area contributed by atoms with Crippen molar-refractivity contribution in [2.75, 3.05) is 19.0 Å². The third-order valence-electron chi connectivity index (χ3n) is 4.79. The fourth-order valence-corrected chi connectivity index (χ4v) is 3.42. The van der Waals surface area contributed by atoms with Crippen LogP contribution in [0.3, 0.4) is 0 Å². The Labute approximate surface area is 171 Å². The molecule has 0 bridgehead atoms. The molecule has 5 nitrogen and oxygen atoms in total. The molecule has 0 fully saturated rings. The van der Waals surface area contributed by atoms with Gasteiger partial charge in [-0.15, -0.1) is 0 Å². The molecule has 0 aromatic heterocycles. The van der Waals surface area contributed by atoms with Gasteiger partial charge in [-0.05, 0) is 29.3 Å². The third-order valence-corrected chi connectivity index (χ3v) is 4.79. The molecule has 5 heteroatoms. The molecule has 0 saturated heterocycles. The lowest BCUT2D eigenvalue weighted by Gasteiger charge is -2.31. The molecular weight excluding hydrogens is 362 g/mol. The summed E-state index contributed by atoms with van der Waals surface area (Å²) in [7, 11) is 3.90. The van der Waals surface area contributed by atoms with Crippen molar-refractivity contribution in [2.24, 2.45) is 5.73 Å². The number of nitrogens with zero attached hydrogens (tertiary/aromatic N) is 2. The highest BCUT2D eigenvalue weighted by Gasteiger charge is 2.31. The average molecular weight is 387 g/mol. The van der Waals surface area contributed by atoms with Gasteiger partial charge in [-0.1, -0.05) is 66.7 Å². The zero-order valence-corrected chi connectivity index (χ0v) is 16.7. The zero-order chi connectivity index (χ0) is 20.8. The molecule has 3 aromatic rings. The fourth-order valence-electron chi connectivity index (χ4n) is 3.42. The first-order valence-electron chi connectivity index (χ1n) is 9.44. The highest BCUT2D eigenvalue weighted by Crippen LogP contribution is 2.28. The summed E-state index contributed by atoms with van der Waals surface area (Å²) < 4.78 is 0. The van der Waals surface area contributed by atoms with E-state index in [9.17, 15) is 9.59 Å². The van der Waals surface area contributed by atoms with Crippen LogP contribution in [0.2, 0.25) is 0 Å². The molecule has 0 radical (unpaired) electrons. The maximum absolute atomic E-state index is 13.5. The van der Waals surface area contributed by atoms with E-state index in [-0.39, 0.29) is 12.5 Å². The average Bonchev–Trinajstić information content (AvgIpc) is 2.74. The molecule has 0 aliphatic heterocycles.